The summed E-state index contributed by atoms with van der Waals surface area (Å²) in [6.07, 6.45) is 9.74. The van der Waals surface area contributed by atoms with E-state index in [9.17, 15) is 9.59 Å². The van der Waals surface area contributed by atoms with Gasteiger partial charge in [0.1, 0.15) is 12.1 Å². The molecule has 0 radical (unpaired) electrons. The van der Waals surface area contributed by atoms with E-state index in [1.54, 1.807) is 0 Å². The highest BCUT2D eigenvalue weighted by atomic mass is 16.2. The van der Waals surface area contributed by atoms with Crippen molar-refractivity contribution in [2.24, 2.45) is 0 Å². The number of piperidine rings is 1. The quantitative estimate of drug-likeness (QED) is 0.711. The van der Waals surface area contributed by atoms with Crippen molar-refractivity contribution < 1.29 is 9.59 Å². The minimum Gasteiger partial charge on any atom is -0.329 e. The second-order valence-corrected chi connectivity index (χ2v) is 5.81. The molecule has 0 aromatic heterocycles. The van der Waals surface area contributed by atoms with Gasteiger partial charge in [-0.25, -0.2) is 0 Å². The SMILES string of the molecule is CCC1C(=O)N2CCCCC2C(=O)N1C1CC=CC1. The molecule has 2 unspecified atom stereocenters. The number of carbonyl (C=O) groups excluding carboxylic acids is 2. The number of rotatable bonds is 2. The van der Waals surface area contributed by atoms with Gasteiger partial charge in [-0.1, -0.05) is 19.1 Å². The zero-order valence-corrected chi connectivity index (χ0v) is 11.5. The van der Waals surface area contributed by atoms with Gasteiger partial charge >= 0.3 is 0 Å². The lowest BCUT2D eigenvalue weighted by Gasteiger charge is -2.48. The Labute approximate surface area is 114 Å². The van der Waals surface area contributed by atoms with Crippen LogP contribution in [0, 0.1) is 0 Å². The zero-order valence-electron chi connectivity index (χ0n) is 11.5. The van der Waals surface area contributed by atoms with E-state index in [2.05, 4.69) is 12.2 Å². The summed E-state index contributed by atoms with van der Waals surface area (Å²) >= 11 is 0. The molecule has 0 aromatic rings. The number of carbonyl (C=O) groups is 2. The molecule has 3 rings (SSSR count). The molecular formula is C15H22N2O2. The third kappa shape index (κ3) is 1.97. The van der Waals surface area contributed by atoms with Crippen LogP contribution in [0.25, 0.3) is 0 Å². The van der Waals surface area contributed by atoms with Gasteiger partial charge in [0.2, 0.25) is 11.8 Å². The van der Waals surface area contributed by atoms with Crippen LogP contribution in [0.4, 0.5) is 0 Å². The van der Waals surface area contributed by atoms with Crippen molar-refractivity contribution in [3.63, 3.8) is 0 Å². The van der Waals surface area contributed by atoms with Crippen LogP contribution >= 0.6 is 0 Å². The molecule has 0 saturated carbocycles. The topological polar surface area (TPSA) is 40.6 Å². The van der Waals surface area contributed by atoms with Crippen molar-refractivity contribution >= 4 is 11.8 Å². The first-order valence-corrected chi connectivity index (χ1v) is 7.51. The van der Waals surface area contributed by atoms with E-state index in [-0.39, 0.29) is 29.9 Å². The van der Waals surface area contributed by atoms with Crippen LogP contribution in [0.1, 0.15) is 45.4 Å². The molecule has 2 fully saturated rings. The molecule has 0 N–H and O–H groups in total. The lowest BCUT2D eigenvalue weighted by atomic mass is 9.92. The van der Waals surface area contributed by atoms with Crippen molar-refractivity contribution in [1.29, 1.82) is 0 Å². The summed E-state index contributed by atoms with van der Waals surface area (Å²) in [6, 6.07) is -0.193. The minimum absolute atomic E-state index is 0.176. The van der Waals surface area contributed by atoms with E-state index >= 15 is 0 Å². The first-order valence-electron chi connectivity index (χ1n) is 7.51. The Bertz CT molecular complexity index is 410. The zero-order chi connectivity index (χ0) is 13.4. The Hall–Kier alpha value is -1.32. The standard InChI is InChI=1S/C15H22N2O2/c1-2-12-14(18)16-10-6-5-9-13(16)15(19)17(12)11-7-3-4-8-11/h3-4,11-13H,2,5-10H2,1H3. The minimum atomic E-state index is -0.230. The fourth-order valence-corrected chi connectivity index (χ4v) is 3.72. The molecule has 0 spiro atoms. The van der Waals surface area contributed by atoms with Crippen molar-refractivity contribution in [1.82, 2.24) is 9.80 Å². The van der Waals surface area contributed by atoms with E-state index in [1.807, 2.05) is 16.7 Å². The largest absolute Gasteiger partial charge is 0.329 e. The van der Waals surface area contributed by atoms with Gasteiger partial charge in [-0.2, -0.15) is 0 Å². The average molecular weight is 262 g/mol. The van der Waals surface area contributed by atoms with Crippen molar-refractivity contribution in [2.45, 2.75) is 63.6 Å². The van der Waals surface area contributed by atoms with Gasteiger partial charge in [-0.05, 0) is 38.5 Å². The van der Waals surface area contributed by atoms with Crippen LogP contribution in [0.5, 0.6) is 0 Å². The maximum absolute atomic E-state index is 12.8. The average Bonchev–Trinajstić information content (AvgIpc) is 2.96. The number of piperazine rings is 1. The Kier molecular flexibility index (Phi) is 3.33. The van der Waals surface area contributed by atoms with E-state index in [0.29, 0.717) is 0 Å². The molecule has 4 heteroatoms. The van der Waals surface area contributed by atoms with Crippen molar-refractivity contribution in [3.05, 3.63) is 12.2 Å². The third-order valence-corrected chi connectivity index (χ3v) is 4.71. The molecule has 2 atom stereocenters. The van der Waals surface area contributed by atoms with Gasteiger partial charge in [-0.15, -0.1) is 0 Å². The highest BCUT2D eigenvalue weighted by Crippen LogP contribution is 2.31. The third-order valence-electron chi connectivity index (χ3n) is 4.71. The molecule has 1 aliphatic carbocycles. The fraction of sp³-hybridized carbons (Fsp3) is 0.733. The normalized spacial score (nSPS) is 32.1. The smallest absolute Gasteiger partial charge is 0.246 e. The van der Waals surface area contributed by atoms with Crippen LogP contribution in [0.2, 0.25) is 0 Å². The van der Waals surface area contributed by atoms with E-state index < -0.39 is 0 Å². The molecule has 19 heavy (non-hydrogen) atoms. The monoisotopic (exact) mass is 262 g/mol. The summed E-state index contributed by atoms with van der Waals surface area (Å²) in [5.41, 5.74) is 0. The fourth-order valence-electron chi connectivity index (χ4n) is 3.72. The van der Waals surface area contributed by atoms with Gasteiger partial charge < -0.3 is 9.80 Å². The lowest BCUT2D eigenvalue weighted by Crippen LogP contribution is -2.67. The Morgan fingerprint density at radius 2 is 1.89 bits per heavy atom. The van der Waals surface area contributed by atoms with Crippen molar-refractivity contribution in [2.75, 3.05) is 6.54 Å². The summed E-state index contributed by atoms with van der Waals surface area (Å²) in [4.78, 5) is 29.1. The number of hydrogen-bond donors (Lipinski definition) is 0. The van der Waals surface area contributed by atoms with E-state index in [4.69, 9.17) is 0 Å². The molecule has 0 aromatic carbocycles. The second kappa shape index (κ2) is 4.99. The predicted octanol–water partition coefficient (Wildman–Crippen LogP) is 1.71. The molecule has 3 aliphatic rings. The van der Waals surface area contributed by atoms with Gasteiger partial charge in [0.25, 0.3) is 0 Å². The van der Waals surface area contributed by atoms with E-state index in [1.165, 1.54) is 0 Å². The molecular weight excluding hydrogens is 240 g/mol. The van der Waals surface area contributed by atoms with Crippen LogP contribution in [0.3, 0.4) is 0 Å². The van der Waals surface area contributed by atoms with Gasteiger partial charge in [0, 0.05) is 12.6 Å². The van der Waals surface area contributed by atoms with Crippen LogP contribution < -0.4 is 0 Å². The lowest BCUT2D eigenvalue weighted by molar-refractivity contribution is -0.166. The molecule has 2 amide bonds. The molecule has 2 aliphatic heterocycles. The maximum atomic E-state index is 12.8. The summed E-state index contributed by atoms with van der Waals surface area (Å²) in [7, 11) is 0. The first kappa shape index (κ1) is 12.7. The molecule has 2 heterocycles. The first-order chi connectivity index (χ1) is 9.24. The highest BCUT2D eigenvalue weighted by Gasteiger charge is 2.47. The Morgan fingerprint density at radius 1 is 1.16 bits per heavy atom. The van der Waals surface area contributed by atoms with Gasteiger partial charge in [-0.3, -0.25) is 9.59 Å². The summed E-state index contributed by atoms with van der Waals surface area (Å²) < 4.78 is 0. The maximum Gasteiger partial charge on any atom is 0.246 e. The predicted molar refractivity (Wildman–Crippen MR) is 72.4 cm³/mol. The molecule has 4 nitrogen and oxygen atoms in total. The molecule has 2 saturated heterocycles. The summed E-state index contributed by atoms with van der Waals surface area (Å²) in [5, 5.41) is 0. The van der Waals surface area contributed by atoms with Gasteiger partial charge in [0.15, 0.2) is 0 Å². The Balaban J connectivity index is 1.88. The van der Waals surface area contributed by atoms with Crippen LogP contribution in [-0.2, 0) is 9.59 Å². The molecule has 104 valence electrons. The highest BCUT2D eigenvalue weighted by molar-refractivity contribution is 5.97. The number of amides is 2. The number of nitrogens with zero attached hydrogens (tertiary/aromatic N) is 2. The Morgan fingerprint density at radius 3 is 2.58 bits per heavy atom. The van der Waals surface area contributed by atoms with Crippen LogP contribution in [-0.4, -0.2) is 46.3 Å². The van der Waals surface area contributed by atoms with Crippen LogP contribution in [0.15, 0.2) is 12.2 Å². The van der Waals surface area contributed by atoms with Crippen molar-refractivity contribution in [3.8, 4) is 0 Å². The summed E-state index contributed by atoms with van der Waals surface area (Å²) in [6.45, 7) is 2.78. The van der Waals surface area contributed by atoms with Gasteiger partial charge in [0.05, 0.1) is 0 Å². The number of hydrogen-bond acceptors (Lipinski definition) is 2. The second-order valence-electron chi connectivity index (χ2n) is 5.81. The summed E-state index contributed by atoms with van der Waals surface area (Å²) in [5.74, 6) is 0.374. The molecule has 0 bridgehead atoms. The number of fused-ring (bicyclic) bond motifs is 1. The van der Waals surface area contributed by atoms with E-state index in [0.717, 1.165) is 45.1 Å².